The van der Waals surface area contributed by atoms with E-state index in [9.17, 15) is 68.7 Å². The van der Waals surface area contributed by atoms with Crippen LogP contribution < -0.4 is 54.0 Å². The van der Waals surface area contributed by atoms with Crippen LogP contribution in [-0.4, -0.2) is 165 Å². The van der Waals surface area contributed by atoms with Crippen LogP contribution >= 0.6 is 0 Å². The van der Waals surface area contributed by atoms with Crippen molar-refractivity contribution < 1.29 is 68.7 Å². The fourth-order valence-electron chi connectivity index (χ4n) is 6.32. The number of rotatable bonds is 30. The molecule has 12 atom stereocenters. The number of carbonyl (C=O) groups excluding carboxylic acids is 8. The molecule has 0 unspecified atom stereocenters. The van der Waals surface area contributed by atoms with Crippen LogP contribution in [0.3, 0.4) is 0 Å². The third-order valence-corrected chi connectivity index (χ3v) is 10.7. The van der Waals surface area contributed by atoms with E-state index < -0.39 is 145 Å². The first-order valence-electron chi connectivity index (χ1n) is 22.2. The Labute approximate surface area is 389 Å². The van der Waals surface area contributed by atoms with Crippen LogP contribution in [0, 0.1) is 11.8 Å². The van der Waals surface area contributed by atoms with Crippen LogP contribution in [0.1, 0.15) is 79.7 Å². The van der Waals surface area contributed by atoms with E-state index in [2.05, 4.69) is 42.5 Å². The second kappa shape index (κ2) is 29.8. The van der Waals surface area contributed by atoms with Crippen molar-refractivity contribution in [2.45, 2.75) is 147 Å². The molecule has 0 aromatic heterocycles. The predicted octanol–water partition coefficient (Wildman–Crippen LogP) is -4.88. The average molecular weight is 953 g/mol. The summed E-state index contributed by atoms with van der Waals surface area (Å²) in [7, 11) is 0. The predicted molar refractivity (Wildman–Crippen MR) is 242 cm³/mol. The van der Waals surface area contributed by atoms with Crippen molar-refractivity contribution in [3.05, 3.63) is 35.9 Å². The van der Waals surface area contributed by atoms with Crippen LogP contribution in [0.25, 0.3) is 0 Å². The van der Waals surface area contributed by atoms with Gasteiger partial charge in [0.15, 0.2) is 6.04 Å². The van der Waals surface area contributed by atoms with E-state index in [1.54, 1.807) is 44.2 Å². The zero-order valence-electron chi connectivity index (χ0n) is 39.1. The van der Waals surface area contributed by atoms with Gasteiger partial charge in [-0.1, -0.05) is 64.4 Å². The highest BCUT2D eigenvalue weighted by Gasteiger charge is 2.37. The normalized spacial score (nSPS) is 16.6. The lowest BCUT2D eigenvalue weighted by Gasteiger charge is -2.29. The van der Waals surface area contributed by atoms with Gasteiger partial charge in [-0.2, -0.15) is 0 Å². The number of amides is 8. The number of aliphatic hydroxyl groups is 4. The van der Waals surface area contributed by atoms with E-state index in [1.807, 2.05) is 0 Å². The summed E-state index contributed by atoms with van der Waals surface area (Å²) in [5.74, 6) is -10.1. The molecule has 0 spiro atoms. The first-order chi connectivity index (χ1) is 31.4. The lowest BCUT2D eigenvalue weighted by molar-refractivity contribution is -0.145. The van der Waals surface area contributed by atoms with Crippen LogP contribution in [0.5, 0.6) is 0 Å². The Bertz CT molecular complexity index is 1800. The smallest absolute Gasteiger partial charge is 0.328 e. The molecule has 0 heterocycles. The number of hydrogen-bond acceptors (Lipinski definition) is 15. The summed E-state index contributed by atoms with van der Waals surface area (Å²) < 4.78 is 0. The van der Waals surface area contributed by atoms with Gasteiger partial charge in [0, 0.05) is 6.42 Å². The summed E-state index contributed by atoms with van der Waals surface area (Å²) in [5.41, 5.74) is 11.8. The highest BCUT2D eigenvalue weighted by Crippen LogP contribution is 2.12. The Morgan fingerprint density at radius 3 is 1.58 bits per heavy atom. The Kier molecular flexibility index (Phi) is 26.3. The zero-order valence-corrected chi connectivity index (χ0v) is 39.1. The van der Waals surface area contributed by atoms with Gasteiger partial charge in [-0.15, -0.1) is 0 Å². The minimum absolute atomic E-state index is 0.0421. The maximum Gasteiger partial charge on any atom is 0.328 e. The highest BCUT2D eigenvalue weighted by molar-refractivity contribution is 5.98. The van der Waals surface area contributed by atoms with Gasteiger partial charge < -0.3 is 79.5 Å². The molecule has 67 heavy (non-hydrogen) atoms. The van der Waals surface area contributed by atoms with E-state index in [0.29, 0.717) is 18.4 Å². The fourth-order valence-corrected chi connectivity index (χ4v) is 6.32. The van der Waals surface area contributed by atoms with Gasteiger partial charge in [-0.05, 0) is 64.0 Å². The van der Waals surface area contributed by atoms with Crippen molar-refractivity contribution in [1.29, 1.82) is 0 Å². The van der Waals surface area contributed by atoms with Gasteiger partial charge in [-0.3, -0.25) is 38.4 Å². The van der Waals surface area contributed by atoms with Gasteiger partial charge in [0.25, 0.3) is 0 Å². The quantitative estimate of drug-likeness (QED) is 0.0322. The molecule has 0 fully saturated rings. The highest BCUT2D eigenvalue weighted by atomic mass is 16.4. The van der Waals surface area contributed by atoms with E-state index in [1.165, 1.54) is 27.7 Å². The third kappa shape index (κ3) is 20.3. The Hall–Kier alpha value is -5.79. The molecule has 17 N–H and O–H groups in total. The Morgan fingerprint density at radius 1 is 0.582 bits per heavy atom. The van der Waals surface area contributed by atoms with Gasteiger partial charge >= 0.3 is 5.97 Å². The number of aliphatic hydroxyl groups excluding tert-OH is 4. The number of benzene rings is 1. The summed E-state index contributed by atoms with van der Waals surface area (Å²) in [6.45, 7) is 8.73. The van der Waals surface area contributed by atoms with Crippen LogP contribution in [-0.2, 0) is 49.6 Å². The molecule has 0 aliphatic rings. The second-order valence-corrected chi connectivity index (χ2v) is 16.8. The van der Waals surface area contributed by atoms with E-state index in [4.69, 9.17) is 11.5 Å². The molecule has 24 nitrogen and oxygen atoms in total. The molecule has 24 heteroatoms. The first kappa shape index (κ1) is 59.2. The van der Waals surface area contributed by atoms with Crippen molar-refractivity contribution in [1.82, 2.24) is 42.5 Å². The maximum absolute atomic E-state index is 14.1. The number of carboxylic acid groups (broad SMARTS) is 1. The van der Waals surface area contributed by atoms with Crippen LogP contribution in [0.2, 0.25) is 0 Å². The number of unbranched alkanes of at least 4 members (excludes halogenated alkanes) is 1. The Morgan fingerprint density at radius 2 is 1.07 bits per heavy atom. The van der Waals surface area contributed by atoms with E-state index in [0.717, 1.165) is 6.92 Å². The lowest BCUT2D eigenvalue weighted by Crippen LogP contribution is -2.62. The zero-order chi connectivity index (χ0) is 51.1. The summed E-state index contributed by atoms with van der Waals surface area (Å²) >= 11 is 0. The summed E-state index contributed by atoms with van der Waals surface area (Å²) in [6, 6.07) is -3.53. The average Bonchev–Trinajstić information content (AvgIpc) is 3.27. The topological polar surface area (TPSA) is 403 Å². The third-order valence-electron chi connectivity index (χ3n) is 10.7. The van der Waals surface area contributed by atoms with Gasteiger partial charge in [0.2, 0.25) is 47.3 Å². The maximum atomic E-state index is 14.1. The minimum atomic E-state index is -1.71. The molecule has 8 amide bonds. The Balaban J connectivity index is 3.40. The monoisotopic (exact) mass is 953 g/mol. The minimum Gasteiger partial charge on any atom is -0.480 e. The van der Waals surface area contributed by atoms with E-state index >= 15 is 0 Å². The number of nitrogens with two attached hydrogens (primary N) is 2. The molecule has 0 bridgehead atoms. The SMILES string of the molecule is CC[C@H](C)[C@H](NC(=O)CNC(=O)[C@@H](N)[C@@H](C)O)C(=O)N[C@H](C(=O)N[C@@H](Cc1ccccc1)C(=O)N[C@@H](CCCCN)C(=O)N[C@@H](CO)C(=O)N[C@H](C(=O)N[C@H](C(=O)O)[C@@H](C)O)C(C)C)[C@@H](C)O. The fraction of sp³-hybridized carbons (Fsp3) is 0.651. The molecule has 1 aromatic rings. The number of hydrogen-bond donors (Lipinski definition) is 15. The molecule has 0 saturated heterocycles. The van der Waals surface area contributed by atoms with Crippen molar-refractivity contribution >= 4 is 53.2 Å². The van der Waals surface area contributed by atoms with Gasteiger partial charge in [0.05, 0.1) is 31.5 Å². The summed E-state index contributed by atoms with van der Waals surface area (Å²) in [4.78, 5) is 119. The van der Waals surface area contributed by atoms with E-state index in [-0.39, 0.29) is 25.8 Å². The lowest BCUT2D eigenvalue weighted by atomic mass is 9.97. The molecule has 0 radical (unpaired) electrons. The number of aliphatic carboxylic acids is 1. The largest absolute Gasteiger partial charge is 0.480 e. The second-order valence-electron chi connectivity index (χ2n) is 16.8. The van der Waals surface area contributed by atoms with Crippen LogP contribution in [0.4, 0.5) is 0 Å². The van der Waals surface area contributed by atoms with Gasteiger partial charge in [0.1, 0.15) is 42.3 Å². The van der Waals surface area contributed by atoms with Gasteiger partial charge in [-0.25, -0.2) is 4.79 Å². The number of carboxylic acids is 1. The molecule has 0 saturated carbocycles. The number of carbonyl (C=O) groups is 9. The summed E-state index contributed by atoms with van der Waals surface area (Å²) in [5, 5.41) is 68.9. The first-order valence-corrected chi connectivity index (χ1v) is 22.2. The number of nitrogens with one attached hydrogen (secondary N) is 8. The molecule has 378 valence electrons. The van der Waals surface area contributed by atoms with Crippen molar-refractivity contribution in [2.75, 3.05) is 19.7 Å². The molecule has 0 aliphatic heterocycles. The standard InChI is InChI=1S/C43H72N10O14/c1-8-22(4)33(50-30(58)19-46-39(62)31(45)23(5)55)41(64)52-34(24(6)56)42(65)48-28(18-26-14-10-9-11-15-26)37(60)47-27(16-12-13-17-44)36(59)49-29(20-54)38(61)51-32(21(2)3)40(63)53-35(25(7)57)43(66)67/h9-11,14-15,21-25,27-29,31-35,54-57H,8,12-13,16-20,44-45H2,1-7H3,(H,46,62)(H,47,60)(H,48,65)(H,49,59)(H,50,58)(H,51,61)(H,52,64)(H,53,63)(H,66,67)/t22-,23+,24+,25+,27-,28-,29-,31-,32-,33-,34-,35-/m0/s1. The molecule has 1 rings (SSSR count). The molecular weight excluding hydrogens is 881 g/mol. The van der Waals surface area contributed by atoms with Crippen molar-refractivity contribution in [3.63, 3.8) is 0 Å². The van der Waals surface area contributed by atoms with Crippen molar-refractivity contribution in [3.8, 4) is 0 Å². The van der Waals surface area contributed by atoms with Crippen molar-refractivity contribution in [2.24, 2.45) is 23.3 Å². The molecular formula is C43H72N10O14. The summed E-state index contributed by atoms with van der Waals surface area (Å²) in [6.07, 6.45) is -3.41. The molecule has 0 aliphatic carbocycles. The van der Waals surface area contributed by atoms with Crippen LogP contribution in [0.15, 0.2) is 30.3 Å². The molecule has 1 aromatic carbocycles.